The molecule has 0 spiro atoms. The van der Waals surface area contributed by atoms with Crippen molar-refractivity contribution in [1.82, 2.24) is 19.9 Å². The molecule has 6 nitrogen and oxygen atoms in total. The summed E-state index contributed by atoms with van der Waals surface area (Å²) in [5, 5.41) is 0.0682. The molecule has 0 atom stereocenters. The predicted molar refractivity (Wildman–Crippen MR) is 65.8 cm³/mol. The Morgan fingerprint density at radius 2 is 2.06 bits per heavy atom. The molecule has 0 bridgehead atoms. The summed E-state index contributed by atoms with van der Waals surface area (Å²) in [7, 11) is 1.46. The summed E-state index contributed by atoms with van der Waals surface area (Å²) in [6.45, 7) is 2.46. The number of aromatic nitrogens is 4. The van der Waals surface area contributed by atoms with Gasteiger partial charge < -0.3 is 9.47 Å². The van der Waals surface area contributed by atoms with Crippen molar-refractivity contribution in [3.63, 3.8) is 0 Å². The Balaban J connectivity index is 2.41. The Kier molecular flexibility index (Phi) is 3.88. The quantitative estimate of drug-likeness (QED) is 0.843. The van der Waals surface area contributed by atoms with E-state index in [4.69, 9.17) is 21.1 Å². The van der Waals surface area contributed by atoms with Crippen LogP contribution in [0.25, 0.3) is 11.4 Å². The molecule has 0 saturated heterocycles. The van der Waals surface area contributed by atoms with Crippen LogP contribution < -0.4 is 9.47 Å². The Morgan fingerprint density at radius 3 is 2.78 bits per heavy atom. The molecule has 0 aliphatic carbocycles. The molecule has 0 fully saturated rings. The Labute approximate surface area is 109 Å². The number of rotatable bonds is 4. The molecule has 0 amide bonds. The second-order valence-electron chi connectivity index (χ2n) is 3.26. The summed E-state index contributed by atoms with van der Waals surface area (Å²) >= 11 is 5.79. The zero-order valence-electron chi connectivity index (χ0n) is 9.92. The van der Waals surface area contributed by atoms with Gasteiger partial charge in [-0.1, -0.05) is 0 Å². The highest BCUT2D eigenvalue weighted by atomic mass is 35.5. The van der Waals surface area contributed by atoms with Crippen molar-refractivity contribution in [2.45, 2.75) is 6.92 Å². The lowest BCUT2D eigenvalue weighted by molar-refractivity contribution is 0.339. The van der Waals surface area contributed by atoms with Crippen molar-refractivity contribution in [1.29, 1.82) is 0 Å². The molecule has 0 radical (unpaired) electrons. The van der Waals surface area contributed by atoms with Crippen LogP contribution in [0.5, 0.6) is 11.8 Å². The summed E-state index contributed by atoms with van der Waals surface area (Å²) in [6, 6.07) is 1.94. The summed E-state index contributed by atoms with van der Waals surface area (Å²) in [5.74, 6) is 1.03. The van der Waals surface area contributed by atoms with E-state index in [2.05, 4.69) is 19.9 Å². The zero-order valence-corrected chi connectivity index (χ0v) is 10.7. The fraction of sp³-hybridized carbons (Fsp3) is 0.273. The molecular weight excluding hydrogens is 256 g/mol. The minimum absolute atomic E-state index is 0.0682. The van der Waals surface area contributed by atoms with E-state index in [0.717, 1.165) is 0 Å². The molecule has 2 aromatic heterocycles. The molecule has 0 aromatic carbocycles. The minimum atomic E-state index is 0.0682. The summed E-state index contributed by atoms with van der Waals surface area (Å²) in [5.41, 5.74) is 0.684. The minimum Gasteiger partial charge on any atom is -0.492 e. The van der Waals surface area contributed by atoms with Gasteiger partial charge in [0.05, 0.1) is 19.9 Å². The van der Waals surface area contributed by atoms with Gasteiger partial charge in [-0.05, 0) is 24.6 Å². The fourth-order valence-corrected chi connectivity index (χ4v) is 1.49. The molecule has 2 heterocycles. The van der Waals surface area contributed by atoms with Crippen LogP contribution in [-0.4, -0.2) is 33.7 Å². The first-order valence-electron chi connectivity index (χ1n) is 5.26. The smallest absolute Gasteiger partial charge is 0.321 e. The van der Waals surface area contributed by atoms with Crippen molar-refractivity contribution in [3.05, 3.63) is 23.7 Å². The number of nitrogens with zero attached hydrogens (tertiary/aromatic N) is 4. The van der Waals surface area contributed by atoms with Gasteiger partial charge in [0.2, 0.25) is 5.28 Å². The van der Waals surface area contributed by atoms with Crippen LogP contribution in [0, 0.1) is 0 Å². The van der Waals surface area contributed by atoms with Crippen molar-refractivity contribution >= 4 is 11.6 Å². The predicted octanol–water partition coefficient (Wildman–Crippen LogP) is 1.99. The Hall–Kier alpha value is -1.95. The van der Waals surface area contributed by atoms with E-state index in [1.165, 1.54) is 7.11 Å². The normalized spacial score (nSPS) is 10.2. The van der Waals surface area contributed by atoms with E-state index in [0.29, 0.717) is 23.7 Å². The molecule has 18 heavy (non-hydrogen) atoms. The third kappa shape index (κ3) is 2.84. The van der Waals surface area contributed by atoms with Gasteiger partial charge in [0, 0.05) is 11.8 Å². The van der Waals surface area contributed by atoms with E-state index < -0.39 is 0 Å². The van der Waals surface area contributed by atoms with Crippen LogP contribution in [0.15, 0.2) is 18.5 Å². The van der Waals surface area contributed by atoms with E-state index in [1.807, 2.05) is 6.92 Å². The first-order chi connectivity index (χ1) is 8.72. The van der Waals surface area contributed by atoms with Gasteiger partial charge in [-0.25, -0.2) is 0 Å². The SMILES string of the molecule is CCOc1cncc(-c2nc(Cl)nc(OC)n2)c1. The number of hydrogen-bond donors (Lipinski definition) is 0. The standard InChI is InChI=1S/C11H11ClN4O2/c1-3-18-8-4-7(5-13-6-8)9-14-10(12)16-11(15-9)17-2/h4-6H,3H2,1-2H3. The lowest BCUT2D eigenvalue weighted by Gasteiger charge is -2.05. The van der Waals surface area contributed by atoms with E-state index in [-0.39, 0.29) is 11.3 Å². The van der Waals surface area contributed by atoms with Crippen molar-refractivity contribution in [2.75, 3.05) is 13.7 Å². The largest absolute Gasteiger partial charge is 0.492 e. The van der Waals surface area contributed by atoms with Crippen LogP contribution in [0.4, 0.5) is 0 Å². The van der Waals surface area contributed by atoms with E-state index in [1.54, 1.807) is 18.5 Å². The second-order valence-corrected chi connectivity index (χ2v) is 3.60. The average Bonchev–Trinajstić information content (AvgIpc) is 2.39. The topological polar surface area (TPSA) is 70.0 Å². The van der Waals surface area contributed by atoms with Crippen molar-refractivity contribution < 1.29 is 9.47 Å². The van der Waals surface area contributed by atoms with Gasteiger partial charge in [0.15, 0.2) is 5.82 Å². The number of pyridine rings is 1. The summed E-state index contributed by atoms with van der Waals surface area (Å²) in [6.07, 6.45) is 3.24. The lowest BCUT2D eigenvalue weighted by Crippen LogP contribution is -1.99. The third-order valence-electron chi connectivity index (χ3n) is 2.05. The molecule has 0 aliphatic rings. The number of methoxy groups -OCH3 is 1. The monoisotopic (exact) mass is 266 g/mol. The second kappa shape index (κ2) is 5.59. The average molecular weight is 267 g/mol. The Morgan fingerprint density at radius 1 is 1.22 bits per heavy atom. The molecule has 0 unspecified atom stereocenters. The maximum absolute atomic E-state index is 5.79. The molecule has 94 valence electrons. The molecule has 2 aromatic rings. The summed E-state index contributed by atoms with van der Waals surface area (Å²) in [4.78, 5) is 16.0. The number of ether oxygens (including phenoxy) is 2. The van der Waals surface area contributed by atoms with Crippen LogP contribution >= 0.6 is 11.6 Å². The van der Waals surface area contributed by atoms with E-state index in [9.17, 15) is 0 Å². The molecule has 0 saturated carbocycles. The zero-order chi connectivity index (χ0) is 13.0. The van der Waals surface area contributed by atoms with Crippen LogP contribution in [0.1, 0.15) is 6.92 Å². The maximum atomic E-state index is 5.79. The highest BCUT2D eigenvalue weighted by Crippen LogP contribution is 2.21. The molecule has 0 aliphatic heterocycles. The van der Waals surface area contributed by atoms with E-state index >= 15 is 0 Å². The van der Waals surface area contributed by atoms with Gasteiger partial charge in [0.1, 0.15) is 5.75 Å². The number of hydrogen-bond acceptors (Lipinski definition) is 6. The number of halogens is 1. The molecule has 2 rings (SSSR count). The molecular formula is C11H11ClN4O2. The van der Waals surface area contributed by atoms with Gasteiger partial charge in [-0.3, -0.25) is 4.98 Å². The first kappa shape index (κ1) is 12.5. The van der Waals surface area contributed by atoms with Crippen molar-refractivity contribution in [3.8, 4) is 23.1 Å². The van der Waals surface area contributed by atoms with Crippen molar-refractivity contribution in [2.24, 2.45) is 0 Å². The lowest BCUT2D eigenvalue weighted by atomic mass is 10.2. The van der Waals surface area contributed by atoms with Crippen LogP contribution in [-0.2, 0) is 0 Å². The van der Waals surface area contributed by atoms with Crippen LogP contribution in [0.2, 0.25) is 5.28 Å². The highest BCUT2D eigenvalue weighted by molar-refractivity contribution is 6.28. The van der Waals surface area contributed by atoms with Gasteiger partial charge >= 0.3 is 6.01 Å². The third-order valence-corrected chi connectivity index (χ3v) is 2.22. The fourth-order valence-electron chi connectivity index (χ4n) is 1.34. The highest BCUT2D eigenvalue weighted by Gasteiger charge is 2.09. The van der Waals surface area contributed by atoms with Gasteiger partial charge in [-0.2, -0.15) is 15.0 Å². The first-order valence-corrected chi connectivity index (χ1v) is 5.64. The maximum Gasteiger partial charge on any atom is 0.321 e. The summed E-state index contributed by atoms with van der Waals surface area (Å²) < 4.78 is 10.3. The van der Waals surface area contributed by atoms with Gasteiger partial charge in [0.25, 0.3) is 0 Å². The molecule has 7 heteroatoms. The molecule has 0 N–H and O–H groups in total. The van der Waals surface area contributed by atoms with Gasteiger partial charge in [-0.15, -0.1) is 0 Å². The Bertz CT molecular complexity index is 550. The van der Waals surface area contributed by atoms with Crippen LogP contribution in [0.3, 0.4) is 0 Å².